The topological polar surface area (TPSA) is 110 Å². The number of imidazole rings is 1. The predicted octanol–water partition coefficient (Wildman–Crippen LogP) is 2.21. The van der Waals surface area contributed by atoms with E-state index < -0.39 is 0 Å². The average Bonchev–Trinajstić information content (AvgIpc) is 3.34. The highest BCUT2D eigenvalue weighted by Gasteiger charge is 2.26. The molecule has 9 nitrogen and oxygen atoms in total. The second kappa shape index (κ2) is 8.01. The molecule has 0 aliphatic carbocycles. The van der Waals surface area contributed by atoms with Crippen LogP contribution in [-0.2, 0) is 20.0 Å². The Labute approximate surface area is 190 Å². The van der Waals surface area contributed by atoms with E-state index in [0.717, 1.165) is 39.6 Å². The number of aromatic amines is 1. The molecule has 0 bridgehead atoms. The first-order valence-corrected chi connectivity index (χ1v) is 10.7. The van der Waals surface area contributed by atoms with Crippen molar-refractivity contribution in [2.24, 2.45) is 7.05 Å². The SMILES string of the molecule is Cc1cc(-c2c(-c3ccccc3)[nH+]c(N)n3c(=O)n(CCc4nccn4C)nc23)cc(C)n1. The summed E-state index contributed by atoms with van der Waals surface area (Å²) in [6.07, 6.45) is 4.20. The monoisotopic (exact) mass is 441 g/mol. The Hall–Kier alpha value is -4.27. The summed E-state index contributed by atoms with van der Waals surface area (Å²) >= 11 is 0. The van der Waals surface area contributed by atoms with Crippen LogP contribution < -0.4 is 16.4 Å². The first-order valence-electron chi connectivity index (χ1n) is 10.7. The highest BCUT2D eigenvalue weighted by molar-refractivity contribution is 5.88. The van der Waals surface area contributed by atoms with Crippen molar-refractivity contribution in [3.8, 4) is 22.4 Å². The van der Waals surface area contributed by atoms with Gasteiger partial charge in [-0.15, -0.1) is 9.50 Å². The predicted molar refractivity (Wildman–Crippen MR) is 125 cm³/mol. The Morgan fingerprint density at radius 2 is 1.79 bits per heavy atom. The van der Waals surface area contributed by atoms with Gasteiger partial charge < -0.3 is 4.57 Å². The second-order valence-electron chi connectivity index (χ2n) is 8.13. The van der Waals surface area contributed by atoms with E-state index >= 15 is 0 Å². The standard InChI is InChI=1S/C24H24N8O/c1-15-13-18(14-16(2)27-15)20-21(17-7-5-4-6-8-17)28-23(25)32-22(20)29-31(24(32)33)11-9-19-26-10-12-30(19)3/h4-8,10,12-14H,9,11H2,1-3H3,(H2,25,28)/p+1. The van der Waals surface area contributed by atoms with Gasteiger partial charge in [0.05, 0.1) is 12.1 Å². The summed E-state index contributed by atoms with van der Waals surface area (Å²) in [5.74, 6) is 1.10. The van der Waals surface area contributed by atoms with Crippen LogP contribution in [0, 0.1) is 13.8 Å². The van der Waals surface area contributed by atoms with Crippen molar-refractivity contribution in [3.63, 3.8) is 0 Å². The van der Waals surface area contributed by atoms with Gasteiger partial charge in [0.1, 0.15) is 11.5 Å². The number of nitrogen functional groups attached to an aromatic ring is 1. The number of benzene rings is 1. The minimum atomic E-state index is -0.295. The minimum Gasteiger partial charge on any atom is -0.338 e. The van der Waals surface area contributed by atoms with Crippen LogP contribution in [0.1, 0.15) is 17.2 Å². The molecule has 33 heavy (non-hydrogen) atoms. The largest absolute Gasteiger partial charge is 0.411 e. The van der Waals surface area contributed by atoms with E-state index in [1.165, 1.54) is 9.08 Å². The van der Waals surface area contributed by atoms with Crippen molar-refractivity contribution in [1.82, 2.24) is 28.7 Å². The van der Waals surface area contributed by atoms with Gasteiger partial charge in [-0.3, -0.25) is 10.7 Å². The van der Waals surface area contributed by atoms with Gasteiger partial charge in [0.2, 0.25) is 5.65 Å². The molecule has 0 fully saturated rings. The maximum Gasteiger partial charge on any atom is 0.411 e. The summed E-state index contributed by atoms with van der Waals surface area (Å²) in [5.41, 5.74) is 11.8. The zero-order valence-corrected chi connectivity index (χ0v) is 18.8. The second-order valence-corrected chi connectivity index (χ2v) is 8.13. The summed E-state index contributed by atoms with van der Waals surface area (Å²) in [5, 5.41) is 4.73. The third kappa shape index (κ3) is 3.67. The van der Waals surface area contributed by atoms with Crippen molar-refractivity contribution < 1.29 is 4.98 Å². The molecule has 0 unspecified atom stereocenters. The maximum absolute atomic E-state index is 13.3. The molecule has 4 heterocycles. The van der Waals surface area contributed by atoms with Gasteiger partial charge in [-0.2, -0.15) is 4.68 Å². The lowest BCUT2D eigenvalue weighted by atomic mass is 9.99. The first-order chi connectivity index (χ1) is 15.9. The number of hydrogen-bond acceptors (Lipinski definition) is 5. The van der Waals surface area contributed by atoms with E-state index in [1.54, 1.807) is 6.20 Å². The number of aromatic nitrogens is 7. The number of pyridine rings is 1. The van der Waals surface area contributed by atoms with Crippen molar-refractivity contribution in [2.75, 3.05) is 5.73 Å². The molecule has 3 N–H and O–H groups in total. The van der Waals surface area contributed by atoms with E-state index in [4.69, 9.17) is 10.8 Å². The van der Waals surface area contributed by atoms with Crippen LogP contribution >= 0.6 is 0 Å². The average molecular weight is 442 g/mol. The molecule has 1 aromatic carbocycles. The Bertz CT molecular complexity index is 1510. The van der Waals surface area contributed by atoms with Gasteiger partial charge in [-0.25, -0.2) is 14.8 Å². The Balaban J connectivity index is 1.76. The van der Waals surface area contributed by atoms with Gasteiger partial charge in [-0.05, 0) is 31.5 Å². The lowest BCUT2D eigenvalue weighted by Crippen LogP contribution is -2.28. The molecule has 166 valence electrons. The number of nitrogens with two attached hydrogens (primary N) is 1. The number of nitrogens with zero attached hydrogens (tertiary/aromatic N) is 6. The number of H-pyrrole nitrogens is 1. The van der Waals surface area contributed by atoms with Gasteiger partial charge in [0.25, 0.3) is 0 Å². The fourth-order valence-corrected chi connectivity index (χ4v) is 4.21. The van der Waals surface area contributed by atoms with Crippen molar-refractivity contribution in [1.29, 1.82) is 0 Å². The quantitative estimate of drug-likeness (QED) is 0.450. The molecule has 0 amide bonds. The van der Waals surface area contributed by atoms with Crippen LogP contribution in [-0.4, -0.2) is 28.7 Å². The number of rotatable bonds is 5. The summed E-state index contributed by atoms with van der Waals surface area (Å²) in [6, 6.07) is 13.9. The molecule has 5 aromatic rings. The Morgan fingerprint density at radius 3 is 2.45 bits per heavy atom. The molecule has 0 aliphatic heterocycles. The molecule has 0 radical (unpaired) electrons. The van der Waals surface area contributed by atoms with Crippen LogP contribution in [0.15, 0.2) is 59.7 Å². The van der Waals surface area contributed by atoms with Crippen LogP contribution in [0.2, 0.25) is 0 Å². The molecule has 0 spiro atoms. The van der Waals surface area contributed by atoms with Crippen LogP contribution in [0.3, 0.4) is 0 Å². The van der Waals surface area contributed by atoms with Gasteiger partial charge in [-0.1, -0.05) is 30.3 Å². The normalized spacial score (nSPS) is 11.4. The third-order valence-corrected chi connectivity index (χ3v) is 5.71. The number of fused-ring (bicyclic) bond motifs is 1. The summed E-state index contributed by atoms with van der Waals surface area (Å²) in [4.78, 5) is 25.4. The number of aryl methyl sites for hydroxylation is 5. The number of anilines is 1. The first kappa shape index (κ1) is 20.6. The molecule has 9 heteroatoms. The van der Waals surface area contributed by atoms with E-state index in [9.17, 15) is 4.79 Å². The highest BCUT2D eigenvalue weighted by atomic mass is 16.2. The number of hydrogen-bond donors (Lipinski definition) is 1. The van der Waals surface area contributed by atoms with Crippen molar-refractivity contribution in [3.05, 3.63) is 82.6 Å². The van der Waals surface area contributed by atoms with Gasteiger partial charge >= 0.3 is 11.6 Å². The van der Waals surface area contributed by atoms with Crippen LogP contribution in [0.25, 0.3) is 28.0 Å². The highest BCUT2D eigenvalue weighted by Crippen LogP contribution is 2.32. The van der Waals surface area contributed by atoms with E-state index in [0.29, 0.717) is 18.6 Å². The van der Waals surface area contributed by atoms with E-state index in [1.807, 2.05) is 74.1 Å². The third-order valence-electron chi connectivity index (χ3n) is 5.71. The summed E-state index contributed by atoms with van der Waals surface area (Å²) < 4.78 is 4.82. The molecular weight excluding hydrogens is 416 g/mol. The van der Waals surface area contributed by atoms with Gasteiger partial charge in [0, 0.05) is 42.8 Å². The molecule has 0 saturated heterocycles. The molecule has 0 atom stereocenters. The lowest BCUT2D eigenvalue weighted by molar-refractivity contribution is -0.351. The van der Waals surface area contributed by atoms with Crippen LogP contribution in [0.4, 0.5) is 5.95 Å². The minimum absolute atomic E-state index is 0.225. The zero-order valence-electron chi connectivity index (χ0n) is 18.8. The van der Waals surface area contributed by atoms with Crippen molar-refractivity contribution in [2.45, 2.75) is 26.8 Å². The molecule has 0 saturated carbocycles. The van der Waals surface area contributed by atoms with E-state index in [2.05, 4.69) is 15.0 Å². The summed E-state index contributed by atoms with van der Waals surface area (Å²) in [6.45, 7) is 4.29. The Morgan fingerprint density at radius 1 is 1.06 bits per heavy atom. The zero-order chi connectivity index (χ0) is 23.1. The Kier molecular flexibility index (Phi) is 5.01. The molecule has 4 aromatic heterocycles. The lowest BCUT2D eigenvalue weighted by Gasteiger charge is -2.10. The molecule has 5 rings (SSSR count). The fraction of sp³-hybridized carbons (Fsp3) is 0.208. The van der Waals surface area contributed by atoms with Crippen LogP contribution in [0.5, 0.6) is 0 Å². The van der Waals surface area contributed by atoms with Gasteiger partial charge in [0.15, 0.2) is 0 Å². The number of nitrogens with one attached hydrogen (secondary N) is 1. The maximum atomic E-state index is 13.3. The molecule has 0 aliphatic rings. The van der Waals surface area contributed by atoms with E-state index in [-0.39, 0.29) is 11.6 Å². The fourth-order valence-electron chi connectivity index (χ4n) is 4.21. The molecular formula is C24H25N8O+. The summed E-state index contributed by atoms with van der Waals surface area (Å²) in [7, 11) is 1.93. The smallest absolute Gasteiger partial charge is 0.338 e. The van der Waals surface area contributed by atoms with Crippen molar-refractivity contribution >= 4 is 11.6 Å².